The van der Waals surface area contributed by atoms with Crippen LogP contribution in [0.4, 0.5) is 0 Å². The fourth-order valence-electron chi connectivity index (χ4n) is 2.52. The number of nitrogens with one attached hydrogen (secondary N) is 1. The van der Waals surface area contributed by atoms with E-state index in [-0.39, 0.29) is 0 Å². The number of piperidine rings is 1. The van der Waals surface area contributed by atoms with Gasteiger partial charge in [0.25, 0.3) is 0 Å². The van der Waals surface area contributed by atoms with Crippen LogP contribution >= 0.6 is 11.3 Å². The van der Waals surface area contributed by atoms with Gasteiger partial charge < -0.3 is 10.1 Å². The molecule has 1 fully saturated rings. The SMILES string of the molecule is N#Cc1ccc(COc2cccc(C3CCNCC3)n2)s1. The molecule has 0 aromatic carbocycles. The van der Waals surface area contributed by atoms with Gasteiger partial charge in [0, 0.05) is 22.6 Å². The number of hydrogen-bond acceptors (Lipinski definition) is 5. The molecule has 0 bridgehead atoms. The van der Waals surface area contributed by atoms with E-state index in [9.17, 15) is 0 Å². The van der Waals surface area contributed by atoms with Crippen LogP contribution < -0.4 is 10.1 Å². The Morgan fingerprint density at radius 2 is 2.14 bits per heavy atom. The molecule has 108 valence electrons. The highest BCUT2D eigenvalue weighted by atomic mass is 32.1. The molecule has 0 radical (unpaired) electrons. The highest BCUT2D eigenvalue weighted by Gasteiger charge is 2.16. The monoisotopic (exact) mass is 299 g/mol. The Morgan fingerprint density at radius 1 is 1.29 bits per heavy atom. The van der Waals surface area contributed by atoms with E-state index in [1.165, 1.54) is 11.3 Å². The van der Waals surface area contributed by atoms with E-state index in [1.807, 2.05) is 24.3 Å². The van der Waals surface area contributed by atoms with Gasteiger partial charge >= 0.3 is 0 Å². The van der Waals surface area contributed by atoms with Gasteiger partial charge in [0.2, 0.25) is 5.88 Å². The smallest absolute Gasteiger partial charge is 0.213 e. The van der Waals surface area contributed by atoms with E-state index in [4.69, 9.17) is 10.00 Å². The first-order chi connectivity index (χ1) is 10.3. The van der Waals surface area contributed by atoms with Gasteiger partial charge in [-0.3, -0.25) is 0 Å². The first-order valence-corrected chi connectivity index (χ1v) is 7.96. The lowest BCUT2D eigenvalue weighted by atomic mass is 9.94. The zero-order valence-corrected chi connectivity index (χ0v) is 12.5. The summed E-state index contributed by atoms with van der Waals surface area (Å²) in [6, 6.07) is 11.9. The molecule has 2 aromatic heterocycles. The van der Waals surface area contributed by atoms with Crippen molar-refractivity contribution < 1.29 is 4.74 Å². The maximum atomic E-state index is 8.82. The van der Waals surface area contributed by atoms with Gasteiger partial charge in [-0.15, -0.1) is 11.3 Å². The number of pyridine rings is 1. The molecule has 1 aliphatic heterocycles. The topological polar surface area (TPSA) is 57.9 Å². The van der Waals surface area contributed by atoms with E-state index in [1.54, 1.807) is 0 Å². The summed E-state index contributed by atoms with van der Waals surface area (Å²) in [6.45, 7) is 2.59. The fourth-order valence-corrected chi connectivity index (χ4v) is 3.24. The molecule has 0 unspecified atom stereocenters. The Hall–Kier alpha value is -1.90. The number of rotatable bonds is 4. The van der Waals surface area contributed by atoms with E-state index in [2.05, 4.69) is 22.4 Å². The van der Waals surface area contributed by atoms with Crippen LogP contribution in [0.25, 0.3) is 0 Å². The second-order valence-electron chi connectivity index (χ2n) is 5.09. The van der Waals surface area contributed by atoms with Crippen LogP contribution in [0.1, 0.15) is 34.2 Å². The Kier molecular flexibility index (Phi) is 4.49. The zero-order valence-electron chi connectivity index (χ0n) is 11.7. The van der Waals surface area contributed by atoms with Crippen molar-refractivity contribution in [3.63, 3.8) is 0 Å². The number of thiophene rings is 1. The summed E-state index contributed by atoms with van der Waals surface area (Å²) in [7, 11) is 0. The third kappa shape index (κ3) is 3.60. The Balaban J connectivity index is 1.64. The van der Waals surface area contributed by atoms with Gasteiger partial charge in [0.15, 0.2) is 0 Å². The minimum absolute atomic E-state index is 0.467. The molecule has 1 N–H and O–H groups in total. The van der Waals surface area contributed by atoms with Crippen molar-refractivity contribution in [1.29, 1.82) is 5.26 Å². The summed E-state index contributed by atoms with van der Waals surface area (Å²) in [5.74, 6) is 1.19. The number of nitrogens with zero attached hydrogens (tertiary/aromatic N) is 2. The van der Waals surface area contributed by atoms with Gasteiger partial charge in [-0.1, -0.05) is 6.07 Å². The summed E-state index contributed by atoms with van der Waals surface area (Å²) in [6.07, 6.45) is 2.26. The lowest BCUT2D eigenvalue weighted by Gasteiger charge is -2.22. The molecule has 21 heavy (non-hydrogen) atoms. The zero-order chi connectivity index (χ0) is 14.5. The van der Waals surface area contributed by atoms with Gasteiger partial charge in [-0.2, -0.15) is 5.26 Å². The van der Waals surface area contributed by atoms with Crippen molar-refractivity contribution in [3.05, 3.63) is 45.8 Å². The van der Waals surface area contributed by atoms with E-state index in [0.717, 1.165) is 36.5 Å². The summed E-state index contributed by atoms with van der Waals surface area (Å²) < 4.78 is 5.76. The molecule has 4 nitrogen and oxygen atoms in total. The van der Waals surface area contributed by atoms with Gasteiger partial charge in [0.05, 0.1) is 0 Å². The fraction of sp³-hybridized carbons (Fsp3) is 0.375. The van der Waals surface area contributed by atoms with E-state index >= 15 is 0 Å². The van der Waals surface area contributed by atoms with Crippen LogP contribution in [-0.4, -0.2) is 18.1 Å². The van der Waals surface area contributed by atoms with Crippen molar-refractivity contribution >= 4 is 11.3 Å². The third-order valence-corrected chi connectivity index (χ3v) is 4.60. The van der Waals surface area contributed by atoms with Gasteiger partial charge in [-0.25, -0.2) is 4.98 Å². The Morgan fingerprint density at radius 3 is 2.90 bits per heavy atom. The molecule has 3 heterocycles. The van der Waals surface area contributed by atoms with Crippen LogP contribution in [-0.2, 0) is 6.61 Å². The van der Waals surface area contributed by atoms with Crippen LogP contribution in [0, 0.1) is 11.3 Å². The molecular formula is C16H17N3OS. The lowest BCUT2D eigenvalue weighted by molar-refractivity contribution is 0.295. The minimum atomic E-state index is 0.467. The Bertz CT molecular complexity index is 641. The quantitative estimate of drug-likeness (QED) is 0.942. The lowest BCUT2D eigenvalue weighted by Crippen LogP contribution is -2.27. The number of hydrogen-bond donors (Lipinski definition) is 1. The van der Waals surface area contributed by atoms with Crippen molar-refractivity contribution in [2.45, 2.75) is 25.4 Å². The maximum absolute atomic E-state index is 8.82. The molecule has 2 aromatic rings. The second-order valence-corrected chi connectivity index (χ2v) is 6.26. The largest absolute Gasteiger partial charge is 0.472 e. The standard InChI is InChI=1S/C16H17N3OS/c17-10-13-4-5-14(21-13)11-20-16-3-1-2-15(19-16)12-6-8-18-9-7-12/h1-5,12,18H,6-9,11H2. The number of aromatic nitrogens is 1. The highest BCUT2D eigenvalue weighted by Crippen LogP contribution is 2.25. The van der Waals surface area contributed by atoms with Crippen LogP contribution in [0.15, 0.2) is 30.3 Å². The minimum Gasteiger partial charge on any atom is -0.472 e. The highest BCUT2D eigenvalue weighted by molar-refractivity contribution is 7.12. The normalized spacial score (nSPS) is 15.6. The van der Waals surface area contributed by atoms with Crippen molar-refractivity contribution in [2.75, 3.05) is 13.1 Å². The number of nitriles is 1. The Labute approximate surface area is 128 Å². The molecule has 0 saturated carbocycles. The predicted molar refractivity (Wildman–Crippen MR) is 82.4 cm³/mol. The van der Waals surface area contributed by atoms with E-state index < -0.39 is 0 Å². The average molecular weight is 299 g/mol. The molecule has 5 heteroatoms. The summed E-state index contributed by atoms with van der Waals surface area (Å²) in [5.41, 5.74) is 1.12. The molecular weight excluding hydrogens is 282 g/mol. The van der Waals surface area contributed by atoms with Crippen molar-refractivity contribution in [3.8, 4) is 11.9 Å². The summed E-state index contributed by atoms with van der Waals surface area (Å²) in [4.78, 5) is 6.38. The first-order valence-electron chi connectivity index (χ1n) is 7.14. The second kappa shape index (κ2) is 6.70. The third-order valence-electron chi connectivity index (χ3n) is 3.64. The van der Waals surface area contributed by atoms with Gasteiger partial charge in [-0.05, 0) is 44.1 Å². The summed E-state index contributed by atoms with van der Waals surface area (Å²) >= 11 is 1.46. The molecule has 3 rings (SSSR count). The van der Waals surface area contributed by atoms with Gasteiger partial charge in [0.1, 0.15) is 17.6 Å². The molecule has 0 amide bonds. The van der Waals surface area contributed by atoms with Crippen LogP contribution in [0.3, 0.4) is 0 Å². The van der Waals surface area contributed by atoms with Crippen LogP contribution in [0.2, 0.25) is 0 Å². The predicted octanol–water partition coefficient (Wildman–Crippen LogP) is 3.06. The van der Waals surface area contributed by atoms with Crippen molar-refractivity contribution in [1.82, 2.24) is 10.3 Å². The number of ether oxygens (including phenoxy) is 1. The first kappa shape index (κ1) is 14.1. The van der Waals surface area contributed by atoms with Crippen LogP contribution in [0.5, 0.6) is 5.88 Å². The maximum Gasteiger partial charge on any atom is 0.213 e. The molecule has 0 aliphatic carbocycles. The molecule has 1 aliphatic rings. The summed E-state index contributed by atoms with van der Waals surface area (Å²) in [5, 5.41) is 12.2. The van der Waals surface area contributed by atoms with Crippen molar-refractivity contribution in [2.24, 2.45) is 0 Å². The average Bonchev–Trinajstić information content (AvgIpc) is 3.02. The molecule has 0 atom stereocenters. The van der Waals surface area contributed by atoms with E-state index in [0.29, 0.717) is 23.3 Å². The molecule has 0 spiro atoms. The molecule has 1 saturated heterocycles.